The van der Waals surface area contributed by atoms with Crippen molar-refractivity contribution in [2.45, 2.75) is 12.7 Å². The molecule has 1 aliphatic rings. The van der Waals surface area contributed by atoms with Crippen molar-refractivity contribution >= 4 is 5.91 Å². The van der Waals surface area contributed by atoms with Crippen LogP contribution in [0.2, 0.25) is 0 Å². The number of pyridine rings is 1. The van der Waals surface area contributed by atoms with E-state index in [0.29, 0.717) is 25.2 Å². The molecule has 0 saturated carbocycles. The number of hydrogen-bond acceptors (Lipinski definition) is 5. The molecule has 8 heteroatoms. The van der Waals surface area contributed by atoms with Crippen LogP contribution in [0.3, 0.4) is 0 Å². The molecule has 1 atom stereocenters. The van der Waals surface area contributed by atoms with Crippen molar-refractivity contribution in [3.8, 4) is 11.5 Å². The molecule has 0 aliphatic carbocycles. The van der Waals surface area contributed by atoms with Gasteiger partial charge in [0.05, 0.1) is 13.2 Å². The third-order valence-electron chi connectivity index (χ3n) is 4.20. The third kappa shape index (κ3) is 3.91. The van der Waals surface area contributed by atoms with Gasteiger partial charge in [-0.2, -0.15) is 8.78 Å². The van der Waals surface area contributed by atoms with Gasteiger partial charge < -0.3 is 19.7 Å². The summed E-state index contributed by atoms with van der Waals surface area (Å²) in [5, 5.41) is 3.27. The van der Waals surface area contributed by atoms with Gasteiger partial charge in [-0.1, -0.05) is 6.07 Å². The molecule has 1 aromatic heterocycles. The average molecular weight is 363 g/mol. The highest BCUT2D eigenvalue weighted by molar-refractivity contribution is 5.95. The van der Waals surface area contributed by atoms with E-state index in [1.54, 1.807) is 17.3 Å². The molecule has 1 saturated heterocycles. The standard InChI is InChI=1S/C18H19F2N3O3/c1-25-16-9-12(4-5-15(16)26-18(19)20)17(24)23-8-7-22-11-14(23)13-3-2-6-21-10-13/h2-6,9-10,14,18,22H,7-8,11H2,1H3. The zero-order valence-corrected chi connectivity index (χ0v) is 14.2. The first kappa shape index (κ1) is 18.1. The minimum atomic E-state index is -2.96. The molecule has 0 bridgehead atoms. The van der Waals surface area contributed by atoms with Crippen molar-refractivity contribution in [1.29, 1.82) is 0 Å². The Bertz CT molecular complexity index is 759. The van der Waals surface area contributed by atoms with Crippen LogP contribution in [0.1, 0.15) is 22.0 Å². The number of carbonyl (C=O) groups excluding carboxylic acids is 1. The SMILES string of the molecule is COc1cc(C(=O)N2CCNCC2c2cccnc2)ccc1OC(F)F. The number of nitrogens with one attached hydrogen (secondary N) is 1. The molecule has 1 amide bonds. The maximum atomic E-state index is 13.0. The molecule has 6 nitrogen and oxygen atoms in total. The number of rotatable bonds is 5. The van der Waals surface area contributed by atoms with E-state index >= 15 is 0 Å². The summed E-state index contributed by atoms with van der Waals surface area (Å²) in [5.74, 6) is -0.227. The van der Waals surface area contributed by atoms with Crippen molar-refractivity contribution in [1.82, 2.24) is 15.2 Å². The van der Waals surface area contributed by atoms with Crippen LogP contribution >= 0.6 is 0 Å². The summed E-state index contributed by atoms with van der Waals surface area (Å²) in [4.78, 5) is 18.9. The Morgan fingerprint density at radius 2 is 2.19 bits per heavy atom. The molecule has 1 aromatic carbocycles. The summed E-state index contributed by atoms with van der Waals surface area (Å²) in [5.41, 5.74) is 1.27. The van der Waals surface area contributed by atoms with E-state index in [2.05, 4.69) is 15.0 Å². The van der Waals surface area contributed by atoms with Crippen molar-refractivity contribution in [3.05, 3.63) is 53.9 Å². The molecule has 26 heavy (non-hydrogen) atoms. The Morgan fingerprint density at radius 3 is 2.88 bits per heavy atom. The Balaban J connectivity index is 1.87. The molecular weight excluding hydrogens is 344 g/mol. The smallest absolute Gasteiger partial charge is 0.387 e. The number of halogens is 2. The van der Waals surface area contributed by atoms with E-state index in [0.717, 1.165) is 5.56 Å². The number of carbonyl (C=O) groups is 1. The second-order valence-electron chi connectivity index (χ2n) is 5.75. The Hall–Kier alpha value is -2.74. The Kier molecular flexibility index (Phi) is 5.62. The molecule has 3 rings (SSSR count). The first-order valence-electron chi connectivity index (χ1n) is 8.14. The summed E-state index contributed by atoms with van der Waals surface area (Å²) < 4.78 is 34.4. The van der Waals surface area contributed by atoms with Gasteiger partial charge in [0.15, 0.2) is 11.5 Å². The summed E-state index contributed by atoms with van der Waals surface area (Å²) in [6, 6.07) is 7.79. The van der Waals surface area contributed by atoms with Crippen LogP contribution in [-0.4, -0.2) is 49.1 Å². The first-order chi connectivity index (χ1) is 12.6. The summed E-state index contributed by atoms with van der Waals surface area (Å²) in [6.07, 6.45) is 3.41. The molecule has 2 heterocycles. The largest absolute Gasteiger partial charge is 0.493 e. The van der Waals surface area contributed by atoms with Crippen LogP contribution in [0.5, 0.6) is 11.5 Å². The van der Waals surface area contributed by atoms with Gasteiger partial charge in [-0.25, -0.2) is 0 Å². The number of aromatic nitrogens is 1. The highest BCUT2D eigenvalue weighted by Gasteiger charge is 2.29. The molecule has 1 unspecified atom stereocenters. The summed E-state index contributed by atoms with van der Waals surface area (Å²) in [6.45, 7) is -1.16. The summed E-state index contributed by atoms with van der Waals surface area (Å²) in [7, 11) is 1.34. The van der Waals surface area contributed by atoms with Gasteiger partial charge in [0.1, 0.15) is 0 Å². The molecule has 1 aliphatic heterocycles. The maximum Gasteiger partial charge on any atom is 0.387 e. The molecular formula is C18H19F2N3O3. The van der Waals surface area contributed by atoms with Crippen LogP contribution in [-0.2, 0) is 0 Å². The number of benzene rings is 1. The van der Waals surface area contributed by atoms with Gasteiger partial charge in [0, 0.05) is 37.6 Å². The van der Waals surface area contributed by atoms with E-state index in [9.17, 15) is 13.6 Å². The van der Waals surface area contributed by atoms with Gasteiger partial charge in [-0.05, 0) is 29.8 Å². The van der Waals surface area contributed by atoms with Crippen molar-refractivity contribution in [2.75, 3.05) is 26.7 Å². The van der Waals surface area contributed by atoms with E-state index < -0.39 is 6.61 Å². The normalized spacial score (nSPS) is 17.2. The van der Waals surface area contributed by atoms with Gasteiger partial charge in [-0.15, -0.1) is 0 Å². The predicted octanol–water partition coefficient (Wildman–Crippen LogP) is 2.48. The predicted molar refractivity (Wildman–Crippen MR) is 90.5 cm³/mol. The lowest BCUT2D eigenvalue weighted by atomic mass is 10.0. The van der Waals surface area contributed by atoms with E-state index in [1.807, 2.05) is 12.1 Å². The Labute approximate surface area is 149 Å². The molecule has 0 spiro atoms. The quantitative estimate of drug-likeness (QED) is 0.884. The van der Waals surface area contributed by atoms with Crippen LogP contribution in [0.25, 0.3) is 0 Å². The molecule has 138 valence electrons. The fourth-order valence-electron chi connectivity index (χ4n) is 2.98. The fourth-order valence-corrected chi connectivity index (χ4v) is 2.98. The molecule has 0 radical (unpaired) electrons. The van der Waals surface area contributed by atoms with Crippen molar-refractivity contribution in [2.24, 2.45) is 0 Å². The second kappa shape index (κ2) is 8.09. The van der Waals surface area contributed by atoms with Crippen molar-refractivity contribution < 1.29 is 23.0 Å². The van der Waals surface area contributed by atoms with Gasteiger partial charge in [0.2, 0.25) is 0 Å². The number of nitrogens with zero attached hydrogens (tertiary/aromatic N) is 2. The fraction of sp³-hybridized carbons (Fsp3) is 0.333. The number of amides is 1. The van der Waals surface area contributed by atoms with E-state index in [-0.39, 0.29) is 23.4 Å². The maximum absolute atomic E-state index is 13.0. The average Bonchev–Trinajstić information content (AvgIpc) is 2.68. The number of methoxy groups -OCH3 is 1. The van der Waals surface area contributed by atoms with Crippen LogP contribution < -0.4 is 14.8 Å². The van der Waals surface area contributed by atoms with Gasteiger partial charge >= 0.3 is 6.61 Å². The number of ether oxygens (including phenoxy) is 2. The lowest BCUT2D eigenvalue weighted by Crippen LogP contribution is -2.48. The minimum absolute atomic E-state index is 0.0872. The lowest BCUT2D eigenvalue weighted by molar-refractivity contribution is -0.0512. The van der Waals surface area contributed by atoms with Crippen LogP contribution in [0.4, 0.5) is 8.78 Å². The highest BCUT2D eigenvalue weighted by Crippen LogP contribution is 2.31. The second-order valence-corrected chi connectivity index (χ2v) is 5.75. The monoisotopic (exact) mass is 363 g/mol. The van der Waals surface area contributed by atoms with E-state index in [4.69, 9.17) is 4.74 Å². The Morgan fingerprint density at radius 1 is 1.35 bits per heavy atom. The molecule has 1 N–H and O–H groups in total. The number of alkyl halides is 2. The third-order valence-corrected chi connectivity index (χ3v) is 4.20. The summed E-state index contributed by atoms with van der Waals surface area (Å²) >= 11 is 0. The van der Waals surface area contributed by atoms with Gasteiger partial charge in [-0.3, -0.25) is 9.78 Å². The lowest BCUT2D eigenvalue weighted by Gasteiger charge is -2.36. The highest BCUT2D eigenvalue weighted by atomic mass is 19.3. The zero-order valence-electron chi connectivity index (χ0n) is 14.2. The number of hydrogen-bond donors (Lipinski definition) is 1. The first-order valence-corrected chi connectivity index (χ1v) is 8.14. The minimum Gasteiger partial charge on any atom is -0.493 e. The topological polar surface area (TPSA) is 63.7 Å². The van der Waals surface area contributed by atoms with Gasteiger partial charge in [0.25, 0.3) is 5.91 Å². The number of piperazine rings is 1. The van der Waals surface area contributed by atoms with Crippen LogP contribution in [0, 0.1) is 0 Å². The van der Waals surface area contributed by atoms with Crippen molar-refractivity contribution in [3.63, 3.8) is 0 Å². The molecule has 2 aromatic rings. The molecule has 1 fully saturated rings. The van der Waals surface area contributed by atoms with E-state index in [1.165, 1.54) is 25.3 Å². The van der Waals surface area contributed by atoms with Crippen LogP contribution in [0.15, 0.2) is 42.7 Å². The zero-order chi connectivity index (χ0) is 18.5.